The molecule has 1 aromatic carbocycles. The van der Waals surface area contributed by atoms with Gasteiger partial charge in [0.1, 0.15) is 5.82 Å². The monoisotopic (exact) mass is 262 g/mol. The minimum Gasteiger partial charge on any atom is -0.478 e. The number of carboxylic acids is 1. The van der Waals surface area contributed by atoms with Crippen molar-refractivity contribution in [2.45, 2.75) is 6.04 Å². The lowest BCUT2D eigenvalue weighted by Gasteiger charge is -2.16. The average molecular weight is 262 g/mol. The lowest BCUT2D eigenvalue weighted by atomic mass is 10.1. The van der Waals surface area contributed by atoms with Crippen LogP contribution >= 0.6 is 0 Å². The average Bonchev–Trinajstić information content (AvgIpc) is 2.44. The summed E-state index contributed by atoms with van der Waals surface area (Å²) in [7, 11) is 0. The molecular weight excluding hydrogens is 248 g/mol. The highest BCUT2D eigenvalue weighted by Crippen LogP contribution is 2.24. The maximum atomic E-state index is 11.1. The fraction of sp³-hybridized carbons (Fsp3) is 0.231. The van der Waals surface area contributed by atoms with Crippen molar-refractivity contribution in [3.8, 4) is 0 Å². The molecule has 0 aliphatic carbocycles. The Hall–Kier alpha value is -2.18. The third kappa shape index (κ3) is 2.64. The molecule has 19 heavy (non-hydrogen) atoms. The summed E-state index contributed by atoms with van der Waals surface area (Å²) in [5, 5.41) is 31.3. The predicted octanol–water partition coefficient (Wildman–Crippen LogP) is 0.698. The van der Waals surface area contributed by atoms with E-state index in [1.54, 1.807) is 24.3 Å². The second-order valence-corrected chi connectivity index (χ2v) is 4.08. The van der Waals surface area contributed by atoms with E-state index in [0.29, 0.717) is 16.6 Å². The molecule has 0 spiro atoms. The lowest BCUT2D eigenvalue weighted by molar-refractivity contribution is 0.0698. The summed E-state index contributed by atoms with van der Waals surface area (Å²) in [6, 6.07) is 6.41. The van der Waals surface area contributed by atoms with Crippen LogP contribution in [-0.4, -0.2) is 45.5 Å². The number of hydrogen-bond donors (Lipinski definition) is 4. The number of fused-ring (bicyclic) bond motifs is 1. The standard InChI is InChI=1S/C13H14N2O4/c16-6-8(7-17)15-12-10-4-2-1-3-9(10)11(5-14-12)13(18)19/h1-5,8,16-17H,6-7H2,(H,14,15)(H,18,19). The van der Waals surface area contributed by atoms with Gasteiger partial charge in [-0.3, -0.25) is 0 Å². The molecule has 0 unspecified atom stereocenters. The Bertz CT molecular complexity index is 596. The number of pyridine rings is 1. The molecule has 0 fully saturated rings. The first-order valence-electron chi connectivity index (χ1n) is 5.76. The molecule has 0 atom stereocenters. The van der Waals surface area contributed by atoms with E-state index >= 15 is 0 Å². The van der Waals surface area contributed by atoms with E-state index in [4.69, 9.17) is 15.3 Å². The van der Waals surface area contributed by atoms with Crippen LogP contribution in [0.1, 0.15) is 10.4 Å². The lowest BCUT2D eigenvalue weighted by Crippen LogP contribution is -2.28. The molecule has 4 N–H and O–H groups in total. The molecule has 100 valence electrons. The molecule has 0 amide bonds. The predicted molar refractivity (Wildman–Crippen MR) is 70.3 cm³/mol. The smallest absolute Gasteiger partial charge is 0.337 e. The van der Waals surface area contributed by atoms with Gasteiger partial charge in [-0.1, -0.05) is 24.3 Å². The summed E-state index contributed by atoms with van der Waals surface area (Å²) in [6.45, 7) is -0.486. The Morgan fingerprint density at radius 1 is 1.21 bits per heavy atom. The fourth-order valence-corrected chi connectivity index (χ4v) is 1.82. The molecule has 0 saturated carbocycles. The topological polar surface area (TPSA) is 103 Å². The number of anilines is 1. The van der Waals surface area contributed by atoms with Gasteiger partial charge in [-0.15, -0.1) is 0 Å². The zero-order valence-corrected chi connectivity index (χ0v) is 10.1. The summed E-state index contributed by atoms with van der Waals surface area (Å²) in [4.78, 5) is 15.2. The van der Waals surface area contributed by atoms with Gasteiger partial charge in [0.15, 0.2) is 0 Å². The number of rotatable bonds is 5. The van der Waals surface area contributed by atoms with Crippen molar-refractivity contribution >= 4 is 22.6 Å². The van der Waals surface area contributed by atoms with Crippen LogP contribution in [0, 0.1) is 0 Å². The molecule has 1 heterocycles. The number of aromatic nitrogens is 1. The number of nitrogens with zero attached hydrogens (tertiary/aromatic N) is 1. The number of benzene rings is 1. The SMILES string of the molecule is O=C(O)c1cnc(NC(CO)CO)c2ccccc12. The van der Waals surface area contributed by atoms with Crippen LogP contribution in [0.4, 0.5) is 5.82 Å². The Labute approximate surface area is 109 Å². The minimum absolute atomic E-state index is 0.116. The quantitative estimate of drug-likeness (QED) is 0.632. The van der Waals surface area contributed by atoms with E-state index in [0.717, 1.165) is 0 Å². The number of hydrogen-bond acceptors (Lipinski definition) is 5. The van der Waals surface area contributed by atoms with Crippen LogP contribution < -0.4 is 5.32 Å². The van der Waals surface area contributed by atoms with Gasteiger partial charge in [-0.05, 0) is 0 Å². The van der Waals surface area contributed by atoms with Gasteiger partial charge in [0.2, 0.25) is 0 Å². The van der Waals surface area contributed by atoms with Gasteiger partial charge < -0.3 is 20.6 Å². The largest absolute Gasteiger partial charge is 0.478 e. The highest BCUT2D eigenvalue weighted by atomic mass is 16.4. The van der Waals surface area contributed by atoms with E-state index in [-0.39, 0.29) is 18.8 Å². The first kappa shape index (κ1) is 13.3. The van der Waals surface area contributed by atoms with Gasteiger partial charge in [0, 0.05) is 17.0 Å². The molecule has 1 aromatic heterocycles. The van der Waals surface area contributed by atoms with Gasteiger partial charge >= 0.3 is 5.97 Å². The molecule has 0 saturated heterocycles. The number of aromatic carboxylic acids is 1. The maximum Gasteiger partial charge on any atom is 0.337 e. The summed E-state index contributed by atoms with van der Waals surface area (Å²) < 4.78 is 0. The number of carboxylic acid groups (broad SMARTS) is 1. The van der Waals surface area contributed by atoms with Crippen LogP contribution in [0.3, 0.4) is 0 Å². The molecule has 0 aliphatic rings. The number of aliphatic hydroxyl groups excluding tert-OH is 2. The van der Waals surface area contributed by atoms with Gasteiger partial charge in [0.25, 0.3) is 0 Å². The van der Waals surface area contributed by atoms with Crippen LogP contribution in [0.2, 0.25) is 0 Å². The van der Waals surface area contributed by atoms with Crippen LogP contribution in [0.25, 0.3) is 10.8 Å². The van der Waals surface area contributed by atoms with Crippen LogP contribution in [0.15, 0.2) is 30.5 Å². The van der Waals surface area contributed by atoms with E-state index in [1.807, 2.05) is 0 Å². The Kier molecular flexibility index (Phi) is 3.94. The normalized spacial score (nSPS) is 10.9. The van der Waals surface area contributed by atoms with E-state index in [9.17, 15) is 4.79 Å². The molecule has 0 aliphatic heterocycles. The third-order valence-electron chi connectivity index (χ3n) is 2.81. The highest BCUT2D eigenvalue weighted by molar-refractivity contribution is 6.06. The molecule has 2 rings (SSSR count). The summed E-state index contributed by atoms with van der Waals surface area (Å²) in [5.41, 5.74) is 0.116. The summed E-state index contributed by atoms with van der Waals surface area (Å²) >= 11 is 0. The molecule has 0 radical (unpaired) electrons. The van der Waals surface area contributed by atoms with E-state index < -0.39 is 12.0 Å². The Balaban J connectivity index is 2.52. The fourth-order valence-electron chi connectivity index (χ4n) is 1.82. The third-order valence-corrected chi connectivity index (χ3v) is 2.81. The van der Waals surface area contributed by atoms with Gasteiger partial charge in [-0.25, -0.2) is 9.78 Å². The first-order valence-corrected chi connectivity index (χ1v) is 5.76. The van der Waals surface area contributed by atoms with E-state index in [2.05, 4.69) is 10.3 Å². The van der Waals surface area contributed by atoms with Crippen molar-refractivity contribution in [3.63, 3.8) is 0 Å². The Morgan fingerprint density at radius 2 is 1.84 bits per heavy atom. The van der Waals surface area contributed by atoms with Crippen molar-refractivity contribution in [1.29, 1.82) is 0 Å². The highest BCUT2D eigenvalue weighted by Gasteiger charge is 2.14. The second-order valence-electron chi connectivity index (χ2n) is 4.08. The zero-order valence-electron chi connectivity index (χ0n) is 10.1. The summed E-state index contributed by atoms with van der Waals surface area (Å²) in [5.74, 6) is -0.607. The Morgan fingerprint density at radius 3 is 2.42 bits per heavy atom. The van der Waals surface area contributed by atoms with Crippen molar-refractivity contribution in [1.82, 2.24) is 4.98 Å². The van der Waals surface area contributed by atoms with Crippen LogP contribution in [0.5, 0.6) is 0 Å². The second kappa shape index (κ2) is 5.64. The molecule has 6 nitrogen and oxygen atoms in total. The maximum absolute atomic E-state index is 11.1. The van der Waals surface area contributed by atoms with Crippen molar-refractivity contribution in [3.05, 3.63) is 36.0 Å². The summed E-state index contributed by atoms with van der Waals surface area (Å²) in [6.07, 6.45) is 1.26. The van der Waals surface area contributed by atoms with Crippen molar-refractivity contribution < 1.29 is 20.1 Å². The number of aliphatic hydroxyl groups is 2. The number of nitrogens with one attached hydrogen (secondary N) is 1. The molecule has 6 heteroatoms. The van der Waals surface area contributed by atoms with Crippen LogP contribution in [-0.2, 0) is 0 Å². The zero-order chi connectivity index (χ0) is 13.8. The van der Waals surface area contributed by atoms with E-state index in [1.165, 1.54) is 6.20 Å². The van der Waals surface area contributed by atoms with Crippen molar-refractivity contribution in [2.75, 3.05) is 18.5 Å². The van der Waals surface area contributed by atoms with Gasteiger partial charge in [0.05, 0.1) is 24.8 Å². The molecular formula is C13H14N2O4. The molecule has 2 aromatic rings. The minimum atomic E-state index is -1.05. The number of carbonyl (C=O) groups is 1. The molecule has 0 bridgehead atoms. The first-order chi connectivity index (χ1) is 9.17. The van der Waals surface area contributed by atoms with Gasteiger partial charge in [-0.2, -0.15) is 0 Å². The van der Waals surface area contributed by atoms with Crippen molar-refractivity contribution in [2.24, 2.45) is 0 Å².